The molecule has 0 saturated carbocycles. The first-order chi connectivity index (χ1) is 39.8. The third-order valence-corrected chi connectivity index (χ3v) is 18.3. The van der Waals surface area contributed by atoms with E-state index in [1.54, 1.807) is 23.5 Å². The minimum atomic E-state index is -0.956. The standard InChI is InChI=1S/C30H41N3O4S.C21H26O3S.C9H17N3O2.2CO2/c1-7-25-19(3)20(4)26(32-33-31)29(36-25)37-27-21(5)28(34-17-23-11-9-8-10-12-23)30(35-22(27)6)38-24-15-13-18(2)14-16-24;1-14-9-11-18(12-10-14)25-21-20(15(2)19(22)16(3)24-21)23-13-17-7-5-4-6-8-17;1-4-7-5(2)6(3)8(11-12-10)9(13)14-7;2*2-1-3/h8-16,19-22,25-30H,7,17H2,1-6H3;4-12,15-16,19-22H,13H2,1-3H3;5-9,13H,4H2,1-3H3;;/t19-,20-,21-,22?,25?,26?,27-,28?,29+,30-;15-,16?,19-,20?,21-;5-,6-,7?,8?,9?;;/m000../s1. The summed E-state index contributed by atoms with van der Waals surface area (Å²) >= 11 is 3.35. The summed E-state index contributed by atoms with van der Waals surface area (Å²) in [5, 5.41) is 27.7. The molecule has 83 heavy (non-hydrogen) atoms. The van der Waals surface area contributed by atoms with E-state index >= 15 is 0 Å². The third kappa shape index (κ3) is 21.0. The largest absolute Gasteiger partial charge is 0.390 e. The second-order valence-electron chi connectivity index (χ2n) is 21.5. The summed E-state index contributed by atoms with van der Waals surface area (Å²) in [4.78, 5) is 40.6. The molecule has 8 rings (SSSR count). The van der Waals surface area contributed by atoms with Crippen LogP contribution in [0.15, 0.2) is 129 Å². The maximum Gasteiger partial charge on any atom is 0.373 e. The molecule has 19 nitrogen and oxygen atoms in total. The second kappa shape index (κ2) is 36.4. The Bertz CT molecular complexity index is 2650. The molecule has 452 valence electrons. The Balaban J connectivity index is 0.000000280. The summed E-state index contributed by atoms with van der Waals surface area (Å²) < 4.78 is 43.9. The molecule has 4 aromatic rings. The van der Waals surface area contributed by atoms with Crippen LogP contribution in [0.1, 0.15) is 104 Å². The van der Waals surface area contributed by atoms with Crippen LogP contribution in [0.5, 0.6) is 0 Å². The van der Waals surface area contributed by atoms with E-state index in [-0.39, 0.29) is 95.5 Å². The van der Waals surface area contributed by atoms with Gasteiger partial charge >= 0.3 is 12.3 Å². The number of ether oxygens (including phenoxy) is 7. The molecule has 4 aromatic carbocycles. The highest BCUT2D eigenvalue weighted by atomic mass is 32.2. The first kappa shape index (κ1) is 70.1. The maximum atomic E-state index is 10.4. The Hall–Kier alpha value is -5.40. The molecule has 20 atom stereocenters. The van der Waals surface area contributed by atoms with E-state index in [0.29, 0.717) is 19.1 Å². The number of aryl methyl sites for hydroxylation is 2. The Morgan fingerprint density at radius 1 is 0.518 bits per heavy atom. The van der Waals surface area contributed by atoms with Crippen molar-refractivity contribution >= 4 is 35.8 Å². The number of rotatable bonds is 16. The highest BCUT2D eigenvalue weighted by Gasteiger charge is 2.49. The van der Waals surface area contributed by atoms with Crippen LogP contribution in [0, 0.1) is 49.4 Å². The van der Waals surface area contributed by atoms with E-state index in [1.807, 2.05) is 71.0 Å². The van der Waals surface area contributed by atoms with Gasteiger partial charge in [-0.05, 0) is 111 Å². The first-order valence-corrected chi connectivity index (χ1v) is 30.0. The van der Waals surface area contributed by atoms with E-state index in [9.17, 15) is 15.7 Å². The summed E-state index contributed by atoms with van der Waals surface area (Å²) in [6.07, 6.45) is -0.830. The first-order valence-electron chi connectivity index (χ1n) is 28.3. The number of thioether (sulfide) groups is 2. The summed E-state index contributed by atoms with van der Waals surface area (Å²) in [5.74, 6) is 0.883. The molecule has 4 saturated heterocycles. The predicted molar refractivity (Wildman–Crippen MR) is 315 cm³/mol. The minimum absolute atomic E-state index is 0.00964. The zero-order chi connectivity index (χ0) is 61.2. The lowest BCUT2D eigenvalue weighted by Gasteiger charge is -2.48. The van der Waals surface area contributed by atoms with Gasteiger partial charge in [-0.25, -0.2) is 0 Å². The Labute approximate surface area is 497 Å². The van der Waals surface area contributed by atoms with E-state index in [0.717, 1.165) is 33.8 Å². The molecule has 4 aliphatic heterocycles. The molecular formula is C62H84N6O13S2. The number of nitrogens with zero attached hydrogens (tertiary/aromatic N) is 6. The van der Waals surface area contributed by atoms with Crippen LogP contribution in [0.25, 0.3) is 20.9 Å². The van der Waals surface area contributed by atoms with Gasteiger partial charge in [0, 0.05) is 31.5 Å². The molecule has 0 aromatic heterocycles. The van der Waals surface area contributed by atoms with Crippen molar-refractivity contribution in [1.29, 1.82) is 0 Å². The van der Waals surface area contributed by atoms with Gasteiger partial charge in [-0.3, -0.25) is 0 Å². The van der Waals surface area contributed by atoms with Crippen molar-refractivity contribution in [3.8, 4) is 0 Å². The predicted octanol–water partition coefficient (Wildman–Crippen LogP) is 12.8. The van der Waals surface area contributed by atoms with Crippen LogP contribution in [0.3, 0.4) is 0 Å². The molecule has 0 aliphatic carbocycles. The lowest BCUT2D eigenvalue weighted by Crippen LogP contribution is -2.57. The summed E-state index contributed by atoms with van der Waals surface area (Å²) in [5.41, 5.74) is 22.0. The van der Waals surface area contributed by atoms with Crippen molar-refractivity contribution < 1.29 is 62.5 Å². The number of aliphatic hydroxyl groups is 2. The van der Waals surface area contributed by atoms with Crippen molar-refractivity contribution in [3.63, 3.8) is 0 Å². The fourth-order valence-corrected chi connectivity index (χ4v) is 13.1. The number of aliphatic hydroxyl groups excluding tert-OH is 2. The van der Waals surface area contributed by atoms with Gasteiger partial charge in [-0.15, -0.1) is 0 Å². The average Bonchev–Trinajstić information content (AvgIpc) is 3.68. The quantitative estimate of drug-likeness (QED) is 0.0600. The third-order valence-electron chi connectivity index (χ3n) is 16.0. The molecule has 21 heteroatoms. The number of hydrogen-bond donors (Lipinski definition) is 2. The van der Waals surface area contributed by atoms with Gasteiger partial charge < -0.3 is 43.4 Å². The smallest absolute Gasteiger partial charge is 0.373 e. The van der Waals surface area contributed by atoms with Gasteiger partial charge in [0.1, 0.15) is 10.9 Å². The maximum absolute atomic E-state index is 10.4. The topological polar surface area (TPSA) is 271 Å². The molecular weight excluding hydrogens is 1100 g/mol. The molecule has 4 heterocycles. The fraction of sp³-hybridized carbons (Fsp3) is 0.581. The number of benzene rings is 4. The van der Waals surface area contributed by atoms with Gasteiger partial charge in [0.05, 0.1) is 74.1 Å². The molecule has 4 aliphatic rings. The monoisotopic (exact) mass is 1180 g/mol. The lowest BCUT2D eigenvalue weighted by atomic mass is 9.81. The van der Waals surface area contributed by atoms with Gasteiger partial charge in [-0.1, -0.05) is 185 Å². The van der Waals surface area contributed by atoms with Gasteiger partial charge in [0.15, 0.2) is 12.6 Å². The second-order valence-corrected chi connectivity index (χ2v) is 23.9. The van der Waals surface area contributed by atoms with Gasteiger partial charge in [0.25, 0.3) is 0 Å². The number of hydrogen-bond acceptors (Lipinski definition) is 17. The van der Waals surface area contributed by atoms with Crippen LogP contribution in [0.4, 0.5) is 0 Å². The Kier molecular flexibility index (Phi) is 30.8. The molecule has 0 spiro atoms. The summed E-state index contributed by atoms with van der Waals surface area (Å²) in [6.45, 7) is 25.8. The summed E-state index contributed by atoms with van der Waals surface area (Å²) in [7, 11) is 0. The number of azide groups is 2. The van der Waals surface area contributed by atoms with Crippen LogP contribution in [-0.4, -0.2) is 107 Å². The van der Waals surface area contributed by atoms with E-state index < -0.39 is 30.8 Å². The van der Waals surface area contributed by atoms with Crippen LogP contribution >= 0.6 is 23.5 Å². The van der Waals surface area contributed by atoms with Crippen LogP contribution in [-0.2, 0) is 65.5 Å². The molecule has 0 radical (unpaired) electrons. The zero-order valence-corrected chi connectivity index (χ0v) is 51.3. The number of carbonyl (C=O) groups excluding carboxylic acids is 4. The van der Waals surface area contributed by atoms with Crippen molar-refractivity contribution in [3.05, 3.63) is 152 Å². The highest BCUT2D eigenvalue weighted by Crippen LogP contribution is 2.43. The van der Waals surface area contributed by atoms with Crippen LogP contribution < -0.4 is 0 Å². The average molecular weight is 1190 g/mol. The molecule has 0 bridgehead atoms. The minimum Gasteiger partial charge on any atom is -0.390 e. The van der Waals surface area contributed by atoms with Crippen molar-refractivity contribution in [1.82, 2.24) is 0 Å². The van der Waals surface area contributed by atoms with Crippen LogP contribution in [0.2, 0.25) is 0 Å². The van der Waals surface area contributed by atoms with Gasteiger partial charge in [0.2, 0.25) is 0 Å². The summed E-state index contributed by atoms with van der Waals surface area (Å²) in [6, 6.07) is 36.4. The van der Waals surface area contributed by atoms with Crippen molar-refractivity contribution in [2.75, 3.05) is 0 Å². The Morgan fingerprint density at radius 2 is 0.916 bits per heavy atom. The van der Waals surface area contributed by atoms with Gasteiger partial charge in [-0.2, -0.15) is 19.2 Å². The molecule has 2 N–H and O–H groups in total. The SMILES string of the molecule is CCC1OC(O)C(N=[N+]=[N-])[C@@H](C)[C@@H]1C.CCC1O[C@H](O[C@@H]2C(C)O[C@@H](Sc3ccc(C)cc3)C(OCc3ccccc3)[C@H]2C)C(N=[N+]=[N-])[C@@H](C)[C@@H]1C.Cc1ccc(S[C@@H]2OC(C)[C@@H](O)[C@H](C)C2OCc2ccccc2)cc1.O=C=O.O=C=O. The van der Waals surface area contributed by atoms with Crippen molar-refractivity contribution in [2.24, 2.45) is 45.7 Å². The normalized spacial score (nSPS) is 32.6. The molecule has 0 amide bonds. The fourth-order valence-electron chi connectivity index (χ4n) is 10.6. The zero-order valence-electron chi connectivity index (χ0n) is 49.7. The molecule has 9 unspecified atom stereocenters. The van der Waals surface area contributed by atoms with E-state index in [1.165, 1.54) is 11.1 Å². The van der Waals surface area contributed by atoms with E-state index in [2.05, 4.69) is 141 Å². The lowest BCUT2D eigenvalue weighted by molar-refractivity contribution is -0.289. The van der Waals surface area contributed by atoms with E-state index in [4.69, 9.17) is 57.9 Å². The van der Waals surface area contributed by atoms with Crippen molar-refractivity contribution in [2.45, 2.75) is 203 Å². The highest BCUT2D eigenvalue weighted by molar-refractivity contribution is 8.00. The Morgan fingerprint density at radius 3 is 1.35 bits per heavy atom. The molecule has 4 fully saturated rings.